The summed E-state index contributed by atoms with van der Waals surface area (Å²) in [5.41, 5.74) is 3.48. The summed E-state index contributed by atoms with van der Waals surface area (Å²) < 4.78 is 2.21. The van der Waals surface area contributed by atoms with Crippen molar-refractivity contribution in [1.82, 2.24) is 24.9 Å². The van der Waals surface area contributed by atoms with Crippen molar-refractivity contribution in [2.45, 2.75) is 32.9 Å². The van der Waals surface area contributed by atoms with Crippen molar-refractivity contribution in [3.8, 4) is 10.6 Å². The molecule has 1 fully saturated rings. The molecule has 1 saturated heterocycles. The van der Waals surface area contributed by atoms with Gasteiger partial charge in [-0.2, -0.15) is 10.2 Å². The van der Waals surface area contributed by atoms with Gasteiger partial charge < -0.3 is 0 Å². The fourth-order valence-electron chi connectivity index (χ4n) is 3.39. The first-order valence-electron chi connectivity index (χ1n) is 8.02. The zero-order chi connectivity index (χ0) is 15.8. The van der Waals surface area contributed by atoms with Crippen molar-refractivity contribution in [2.24, 2.45) is 0 Å². The van der Waals surface area contributed by atoms with E-state index in [9.17, 15) is 0 Å². The molecule has 0 unspecified atom stereocenters. The molecule has 1 atom stereocenters. The Labute approximate surface area is 139 Å². The monoisotopic (exact) mass is 327 g/mol. The van der Waals surface area contributed by atoms with Crippen molar-refractivity contribution in [1.29, 1.82) is 0 Å². The second kappa shape index (κ2) is 5.94. The zero-order valence-corrected chi connectivity index (χ0v) is 14.3. The van der Waals surface area contributed by atoms with Crippen molar-refractivity contribution in [3.63, 3.8) is 0 Å². The Morgan fingerprint density at radius 3 is 2.96 bits per heavy atom. The Morgan fingerprint density at radius 1 is 1.30 bits per heavy atom. The maximum absolute atomic E-state index is 4.65. The molecule has 1 N–H and O–H groups in total. The number of hydrogen-bond acceptors (Lipinski definition) is 4. The van der Waals surface area contributed by atoms with E-state index in [1.807, 2.05) is 17.4 Å². The summed E-state index contributed by atoms with van der Waals surface area (Å²) in [4.78, 5) is 5.19. The number of thiophene rings is 1. The third-order valence-corrected chi connectivity index (χ3v) is 5.55. The largest absolute Gasteiger partial charge is 0.296 e. The minimum atomic E-state index is 0.510. The van der Waals surface area contributed by atoms with Crippen molar-refractivity contribution in [3.05, 3.63) is 46.7 Å². The van der Waals surface area contributed by atoms with Crippen LogP contribution in [0.5, 0.6) is 0 Å². The first-order chi connectivity index (χ1) is 11.2. The quantitative estimate of drug-likeness (QED) is 0.799. The number of aromatic nitrogens is 4. The molecule has 0 radical (unpaired) electrons. The average Bonchev–Trinajstić information content (AvgIpc) is 3.27. The maximum Gasteiger partial charge on any atom is 0.0749 e. The topological polar surface area (TPSA) is 49.7 Å². The number of nitrogens with one attached hydrogen (secondary N) is 1. The van der Waals surface area contributed by atoms with Gasteiger partial charge in [0, 0.05) is 36.4 Å². The number of rotatable bonds is 4. The summed E-state index contributed by atoms with van der Waals surface area (Å²) >= 11 is 1.85. The summed E-state index contributed by atoms with van der Waals surface area (Å²) in [6.45, 7) is 7.46. The Balaban J connectivity index is 1.42. The first kappa shape index (κ1) is 14.7. The summed E-state index contributed by atoms with van der Waals surface area (Å²) in [5, 5.41) is 11.7. The fraction of sp³-hybridized carbons (Fsp3) is 0.412. The van der Waals surface area contributed by atoms with Crippen LogP contribution in [-0.4, -0.2) is 38.0 Å². The highest BCUT2D eigenvalue weighted by Crippen LogP contribution is 2.29. The van der Waals surface area contributed by atoms with Gasteiger partial charge in [-0.25, -0.2) is 0 Å². The molecule has 4 heterocycles. The SMILES string of the molecule is Cc1cc(C)n([C@H]2CCN(Cc3ccc(-c4ccn[nH]4)s3)C2)n1. The molecule has 3 aromatic heterocycles. The summed E-state index contributed by atoms with van der Waals surface area (Å²) in [5.74, 6) is 0. The van der Waals surface area contributed by atoms with Crippen LogP contribution in [0.25, 0.3) is 10.6 Å². The van der Waals surface area contributed by atoms with Gasteiger partial charge >= 0.3 is 0 Å². The molecule has 4 rings (SSSR count). The molecule has 3 aromatic rings. The number of likely N-dealkylation sites (tertiary alicyclic amines) is 1. The molecule has 0 amide bonds. The van der Waals surface area contributed by atoms with Crippen molar-refractivity contribution >= 4 is 11.3 Å². The predicted molar refractivity (Wildman–Crippen MR) is 92.5 cm³/mol. The number of aromatic amines is 1. The molecular weight excluding hydrogens is 306 g/mol. The lowest BCUT2D eigenvalue weighted by Gasteiger charge is -2.16. The molecule has 5 nitrogen and oxygen atoms in total. The third kappa shape index (κ3) is 2.96. The molecular formula is C17H21N5S. The standard InChI is InChI=1S/C17H21N5S/c1-12-9-13(2)22(20-12)14-6-8-21(10-14)11-15-3-4-17(23-15)16-5-7-18-19-16/h3-5,7,9,14H,6,8,10-11H2,1-2H3,(H,18,19)/t14-/m0/s1. The van der Waals surface area contributed by atoms with E-state index in [0.717, 1.165) is 31.0 Å². The predicted octanol–water partition coefficient (Wildman–Crippen LogP) is 3.40. The lowest BCUT2D eigenvalue weighted by molar-refractivity contribution is 0.313. The first-order valence-corrected chi connectivity index (χ1v) is 8.84. The lowest BCUT2D eigenvalue weighted by Crippen LogP contribution is -2.21. The van der Waals surface area contributed by atoms with E-state index >= 15 is 0 Å². The van der Waals surface area contributed by atoms with Crippen LogP contribution in [0, 0.1) is 13.8 Å². The van der Waals surface area contributed by atoms with E-state index in [1.165, 1.54) is 21.9 Å². The van der Waals surface area contributed by atoms with Crippen LogP contribution < -0.4 is 0 Å². The lowest BCUT2D eigenvalue weighted by atomic mass is 10.2. The second-order valence-corrected chi connectivity index (χ2v) is 7.45. The molecule has 1 aliphatic rings. The minimum absolute atomic E-state index is 0.510. The molecule has 0 aromatic carbocycles. The average molecular weight is 327 g/mol. The van der Waals surface area contributed by atoms with Gasteiger partial charge in [0.2, 0.25) is 0 Å². The highest BCUT2D eigenvalue weighted by atomic mass is 32.1. The number of H-pyrrole nitrogens is 1. The van der Waals surface area contributed by atoms with Gasteiger partial charge in [-0.05, 0) is 44.5 Å². The van der Waals surface area contributed by atoms with E-state index in [2.05, 4.69) is 56.9 Å². The Kier molecular flexibility index (Phi) is 3.79. The van der Waals surface area contributed by atoms with Crippen LogP contribution in [0.3, 0.4) is 0 Å². The van der Waals surface area contributed by atoms with Gasteiger partial charge in [0.05, 0.1) is 22.3 Å². The van der Waals surface area contributed by atoms with E-state index in [0.29, 0.717) is 6.04 Å². The zero-order valence-electron chi connectivity index (χ0n) is 13.5. The molecule has 6 heteroatoms. The molecule has 1 aliphatic heterocycles. The summed E-state index contributed by atoms with van der Waals surface area (Å²) in [7, 11) is 0. The highest BCUT2D eigenvalue weighted by molar-refractivity contribution is 7.15. The van der Waals surface area contributed by atoms with E-state index in [-0.39, 0.29) is 0 Å². The Hall–Kier alpha value is -1.92. The van der Waals surface area contributed by atoms with E-state index < -0.39 is 0 Å². The van der Waals surface area contributed by atoms with Crippen LogP contribution in [-0.2, 0) is 6.54 Å². The van der Waals surface area contributed by atoms with Crippen LogP contribution in [0.4, 0.5) is 0 Å². The third-order valence-electron chi connectivity index (χ3n) is 4.45. The van der Waals surface area contributed by atoms with Gasteiger partial charge in [0.15, 0.2) is 0 Å². The highest BCUT2D eigenvalue weighted by Gasteiger charge is 2.25. The molecule has 0 bridgehead atoms. The van der Waals surface area contributed by atoms with Crippen LogP contribution in [0.2, 0.25) is 0 Å². The van der Waals surface area contributed by atoms with E-state index in [4.69, 9.17) is 0 Å². The number of nitrogens with zero attached hydrogens (tertiary/aromatic N) is 4. The Bertz CT molecular complexity index is 786. The van der Waals surface area contributed by atoms with Crippen LogP contribution in [0.15, 0.2) is 30.5 Å². The van der Waals surface area contributed by atoms with E-state index in [1.54, 1.807) is 6.20 Å². The minimum Gasteiger partial charge on any atom is -0.296 e. The maximum atomic E-state index is 4.65. The van der Waals surface area contributed by atoms with Crippen molar-refractivity contribution in [2.75, 3.05) is 13.1 Å². The molecule has 120 valence electrons. The molecule has 23 heavy (non-hydrogen) atoms. The van der Waals surface area contributed by atoms with Gasteiger partial charge in [-0.3, -0.25) is 14.7 Å². The number of aryl methyl sites for hydroxylation is 2. The Morgan fingerprint density at radius 2 is 2.22 bits per heavy atom. The molecule has 0 spiro atoms. The van der Waals surface area contributed by atoms with Gasteiger partial charge in [0.1, 0.15) is 0 Å². The molecule has 0 aliphatic carbocycles. The fourth-order valence-corrected chi connectivity index (χ4v) is 4.42. The van der Waals surface area contributed by atoms with Crippen molar-refractivity contribution < 1.29 is 0 Å². The van der Waals surface area contributed by atoms with Gasteiger partial charge in [-0.1, -0.05) is 0 Å². The smallest absolute Gasteiger partial charge is 0.0749 e. The van der Waals surface area contributed by atoms with Gasteiger partial charge in [-0.15, -0.1) is 11.3 Å². The molecule has 0 saturated carbocycles. The van der Waals surface area contributed by atoms with Gasteiger partial charge in [0.25, 0.3) is 0 Å². The van der Waals surface area contributed by atoms with Crippen LogP contribution >= 0.6 is 11.3 Å². The second-order valence-electron chi connectivity index (χ2n) is 6.29. The van der Waals surface area contributed by atoms with Crippen LogP contribution in [0.1, 0.15) is 28.7 Å². The summed E-state index contributed by atoms with van der Waals surface area (Å²) in [6, 6.07) is 9.11. The number of hydrogen-bond donors (Lipinski definition) is 1. The normalized spacial score (nSPS) is 18.8. The summed E-state index contributed by atoms with van der Waals surface area (Å²) in [6.07, 6.45) is 2.98.